The maximum Gasteiger partial charge on any atom is 0.264 e. The van der Waals surface area contributed by atoms with Crippen LogP contribution in [0.3, 0.4) is 0 Å². The molecule has 2 atom stereocenters. The van der Waals surface area contributed by atoms with Gasteiger partial charge in [-0.1, -0.05) is 48.5 Å². The molecule has 1 fully saturated rings. The van der Waals surface area contributed by atoms with Gasteiger partial charge in [-0.05, 0) is 80.7 Å². The summed E-state index contributed by atoms with van der Waals surface area (Å²) in [5, 5.41) is 3.23. The molecule has 3 aromatic rings. The highest BCUT2D eigenvalue weighted by Crippen LogP contribution is 2.34. The first-order chi connectivity index (χ1) is 19.1. The molecule has 1 saturated heterocycles. The Morgan fingerprint density at radius 2 is 1.45 bits per heavy atom. The molecule has 1 aliphatic heterocycles. The molecular formula is C29H35N3O6S2. The SMILES string of the molecule is CCN(CC)C(=O)C(C(=O)NS(=O)(=O)c1ccc2ccccc2c1)C(C1CCNCC1)S(=O)(=O)c1ccccc1. The predicted molar refractivity (Wildman–Crippen MR) is 154 cm³/mol. The van der Waals surface area contributed by atoms with E-state index in [1.165, 1.54) is 29.2 Å². The normalized spacial score (nSPS) is 16.2. The molecule has 0 spiro atoms. The summed E-state index contributed by atoms with van der Waals surface area (Å²) < 4.78 is 57.2. The van der Waals surface area contributed by atoms with Crippen molar-refractivity contribution in [3.05, 3.63) is 72.8 Å². The van der Waals surface area contributed by atoms with Gasteiger partial charge in [0.15, 0.2) is 9.84 Å². The van der Waals surface area contributed by atoms with E-state index in [9.17, 15) is 26.4 Å². The van der Waals surface area contributed by atoms with E-state index in [1.54, 1.807) is 50.2 Å². The molecular weight excluding hydrogens is 550 g/mol. The van der Waals surface area contributed by atoms with Crippen molar-refractivity contribution in [1.29, 1.82) is 0 Å². The number of piperidine rings is 1. The number of hydrogen-bond donors (Lipinski definition) is 2. The van der Waals surface area contributed by atoms with Crippen LogP contribution >= 0.6 is 0 Å². The van der Waals surface area contributed by atoms with E-state index >= 15 is 0 Å². The molecule has 3 aromatic carbocycles. The maximum absolute atomic E-state index is 14.1. The second kappa shape index (κ2) is 12.5. The van der Waals surface area contributed by atoms with Gasteiger partial charge in [0.2, 0.25) is 11.8 Å². The third kappa shape index (κ3) is 6.21. The minimum atomic E-state index is -4.42. The largest absolute Gasteiger partial charge is 0.343 e. The first kappa shape index (κ1) is 29.7. The van der Waals surface area contributed by atoms with Crippen molar-refractivity contribution >= 4 is 42.4 Å². The summed E-state index contributed by atoms with van der Waals surface area (Å²) in [6.07, 6.45) is 0.840. The topological polar surface area (TPSA) is 130 Å². The first-order valence-corrected chi connectivity index (χ1v) is 16.5. The molecule has 2 unspecified atom stereocenters. The number of nitrogens with one attached hydrogen (secondary N) is 2. The Hall–Kier alpha value is -3.28. The number of rotatable bonds is 10. The van der Waals surface area contributed by atoms with Crippen molar-refractivity contribution in [2.24, 2.45) is 11.8 Å². The molecule has 1 heterocycles. The van der Waals surface area contributed by atoms with Crippen molar-refractivity contribution in [3.63, 3.8) is 0 Å². The fourth-order valence-electron chi connectivity index (χ4n) is 5.37. The second-order valence-corrected chi connectivity index (χ2v) is 13.7. The summed E-state index contributed by atoms with van der Waals surface area (Å²) >= 11 is 0. The van der Waals surface area contributed by atoms with E-state index in [0.717, 1.165) is 5.39 Å². The zero-order valence-corrected chi connectivity index (χ0v) is 24.2. The van der Waals surface area contributed by atoms with Gasteiger partial charge in [0, 0.05) is 13.1 Å². The van der Waals surface area contributed by atoms with Crippen LogP contribution in [0.5, 0.6) is 0 Å². The third-order valence-corrected chi connectivity index (χ3v) is 11.1. The van der Waals surface area contributed by atoms with Crippen LogP contribution in [0.2, 0.25) is 0 Å². The predicted octanol–water partition coefficient (Wildman–Crippen LogP) is 2.97. The van der Waals surface area contributed by atoms with E-state index in [0.29, 0.717) is 31.3 Å². The molecule has 11 heteroatoms. The lowest BCUT2D eigenvalue weighted by molar-refractivity contribution is -0.141. The van der Waals surface area contributed by atoms with Crippen molar-refractivity contribution < 1.29 is 26.4 Å². The Kier molecular flexibility index (Phi) is 9.27. The van der Waals surface area contributed by atoms with Crippen LogP contribution in [-0.2, 0) is 29.4 Å². The molecule has 2 N–H and O–H groups in total. The molecule has 9 nitrogen and oxygen atoms in total. The molecule has 0 aliphatic carbocycles. The minimum absolute atomic E-state index is 0.0129. The summed E-state index contributed by atoms with van der Waals surface area (Å²) in [5.74, 6) is -4.15. The van der Waals surface area contributed by atoms with E-state index in [4.69, 9.17) is 0 Å². The molecule has 214 valence electrons. The number of hydrogen-bond acceptors (Lipinski definition) is 7. The number of carbonyl (C=O) groups excluding carboxylic acids is 2. The monoisotopic (exact) mass is 585 g/mol. The van der Waals surface area contributed by atoms with E-state index < -0.39 is 48.8 Å². The van der Waals surface area contributed by atoms with Gasteiger partial charge >= 0.3 is 0 Å². The van der Waals surface area contributed by atoms with Gasteiger partial charge in [0.1, 0.15) is 5.92 Å². The highest BCUT2D eigenvalue weighted by Gasteiger charge is 2.49. The lowest BCUT2D eigenvalue weighted by Crippen LogP contribution is -2.55. The molecule has 40 heavy (non-hydrogen) atoms. The van der Waals surface area contributed by atoms with Crippen LogP contribution in [0, 0.1) is 11.8 Å². The molecule has 2 amide bonds. The smallest absolute Gasteiger partial charge is 0.264 e. The van der Waals surface area contributed by atoms with Gasteiger partial charge in [-0.25, -0.2) is 21.6 Å². The van der Waals surface area contributed by atoms with Crippen molar-refractivity contribution in [2.45, 2.75) is 41.7 Å². The van der Waals surface area contributed by atoms with Crippen molar-refractivity contribution in [3.8, 4) is 0 Å². The van der Waals surface area contributed by atoms with E-state index in [1.807, 2.05) is 12.1 Å². The number of sulfone groups is 1. The number of benzene rings is 3. The Morgan fingerprint density at radius 1 is 0.850 bits per heavy atom. The summed E-state index contributed by atoms with van der Waals surface area (Å²) in [6.45, 7) is 4.98. The second-order valence-electron chi connectivity index (χ2n) is 9.88. The molecule has 0 bridgehead atoms. The minimum Gasteiger partial charge on any atom is -0.343 e. The summed E-state index contributed by atoms with van der Waals surface area (Å²) in [4.78, 5) is 29.0. The lowest BCUT2D eigenvalue weighted by Gasteiger charge is -2.36. The van der Waals surface area contributed by atoms with E-state index in [2.05, 4.69) is 10.0 Å². The summed E-state index contributed by atoms with van der Waals surface area (Å²) in [6, 6.07) is 19.4. The third-order valence-electron chi connectivity index (χ3n) is 7.50. The molecule has 0 aromatic heterocycles. The summed E-state index contributed by atoms with van der Waals surface area (Å²) in [7, 11) is -8.64. The molecule has 0 saturated carbocycles. The molecule has 4 rings (SSSR count). The van der Waals surface area contributed by atoms with Gasteiger partial charge < -0.3 is 10.2 Å². The number of sulfonamides is 1. The molecule has 1 aliphatic rings. The van der Waals surface area contributed by atoms with Crippen LogP contribution in [0.25, 0.3) is 10.8 Å². The molecule has 0 radical (unpaired) electrons. The van der Waals surface area contributed by atoms with Crippen LogP contribution in [0.4, 0.5) is 0 Å². The fourth-order valence-corrected chi connectivity index (χ4v) is 8.63. The summed E-state index contributed by atoms with van der Waals surface area (Å²) in [5.41, 5.74) is 0. The zero-order chi connectivity index (χ0) is 28.9. The Morgan fingerprint density at radius 3 is 2.08 bits per heavy atom. The Labute approximate surface area is 235 Å². The fraction of sp³-hybridized carbons (Fsp3) is 0.379. The van der Waals surface area contributed by atoms with Crippen LogP contribution in [0.1, 0.15) is 26.7 Å². The maximum atomic E-state index is 14.1. The average molecular weight is 586 g/mol. The number of carbonyl (C=O) groups is 2. The van der Waals surface area contributed by atoms with Gasteiger partial charge in [-0.3, -0.25) is 9.59 Å². The van der Waals surface area contributed by atoms with Crippen LogP contribution < -0.4 is 10.0 Å². The highest BCUT2D eigenvalue weighted by atomic mass is 32.2. The van der Waals surface area contributed by atoms with Gasteiger partial charge in [0.25, 0.3) is 10.0 Å². The number of fused-ring (bicyclic) bond motifs is 1. The number of amides is 2. The average Bonchev–Trinajstić information content (AvgIpc) is 2.96. The Balaban J connectivity index is 1.80. The van der Waals surface area contributed by atoms with E-state index in [-0.39, 0.29) is 22.9 Å². The number of nitrogens with zero attached hydrogens (tertiary/aromatic N) is 1. The lowest BCUT2D eigenvalue weighted by atomic mass is 9.86. The van der Waals surface area contributed by atoms with Crippen LogP contribution in [-0.4, -0.2) is 65.0 Å². The van der Waals surface area contributed by atoms with Gasteiger partial charge in [-0.15, -0.1) is 0 Å². The van der Waals surface area contributed by atoms with Crippen LogP contribution in [0.15, 0.2) is 82.6 Å². The highest BCUT2D eigenvalue weighted by molar-refractivity contribution is 7.92. The Bertz CT molecular complexity index is 1570. The van der Waals surface area contributed by atoms with Crippen molar-refractivity contribution in [1.82, 2.24) is 14.9 Å². The first-order valence-electron chi connectivity index (χ1n) is 13.4. The standard InChI is InChI=1S/C29H35N3O6S2/c1-3-32(4-2)29(34)26(27(22-16-18-30-19-17-22)39(35,36)24-12-6-5-7-13-24)28(33)31-40(37,38)25-15-14-21-10-8-9-11-23(21)20-25/h5-15,20,22,26-27,30H,3-4,16-19H2,1-2H3,(H,31,33). The van der Waals surface area contributed by atoms with Gasteiger partial charge in [0.05, 0.1) is 15.0 Å². The quantitative estimate of drug-likeness (QED) is 0.350. The van der Waals surface area contributed by atoms with Gasteiger partial charge in [-0.2, -0.15) is 0 Å². The van der Waals surface area contributed by atoms with Crippen molar-refractivity contribution in [2.75, 3.05) is 26.2 Å². The zero-order valence-electron chi connectivity index (χ0n) is 22.6.